The minimum absolute atomic E-state index is 0.0112. The van der Waals surface area contributed by atoms with Gasteiger partial charge in [-0.15, -0.1) is 0 Å². The fourth-order valence-electron chi connectivity index (χ4n) is 2.05. The van der Waals surface area contributed by atoms with Crippen LogP contribution in [-0.4, -0.2) is 51.9 Å². The molecule has 0 saturated carbocycles. The molecule has 0 aromatic carbocycles. The highest BCUT2D eigenvalue weighted by atomic mass is 16.5. The van der Waals surface area contributed by atoms with Gasteiger partial charge in [0.2, 0.25) is 11.9 Å². The molecule has 0 bridgehead atoms. The van der Waals surface area contributed by atoms with Gasteiger partial charge in [0.25, 0.3) is 0 Å². The molecule has 1 saturated heterocycles. The largest absolute Gasteiger partial charge is 0.461 e. The van der Waals surface area contributed by atoms with E-state index in [0.717, 1.165) is 13.1 Å². The number of rotatable bonds is 4. The van der Waals surface area contributed by atoms with Crippen molar-refractivity contribution in [1.82, 2.24) is 15.0 Å². The zero-order chi connectivity index (χ0) is 14.8. The summed E-state index contributed by atoms with van der Waals surface area (Å²) in [5, 5.41) is 12.9. The van der Waals surface area contributed by atoms with E-state index in [2.05, 4.69) is 20.3 Å². The van der Waals surface area contributed by atoms with Gasteiger partial charge >= 0.3 is 6.01 Å². The first-order valence-electron chi connectivity index (χ1n) is 6.97. The van der Waals surface area contributed by atoms with Gasteiger partial charge in [0, 0.05) is 20.1 Å². The van der Waals surface area contributed by atoms with E-state index in [1.807, 2.05) is 25.7 Å². The van der Waals surface area contributed by atoms with Gasteiger partial charge in [-0.3, -0.25) is 0 Å². The first-order chi connectivity index (χ1) is 9.39. The monoisotopic (exact) mass is 281 g/mol. The number of hydrogen-bond acceptors (Lipinski definition) is 7. The number of aliphatic hydroxyl groups is 1. The third-order valence-electron chi connectivity index (χ3n) is 3.29. The Morgan fingerprint density at radius 2 is 1.90 bits per heavy atom. The highest BCUT2D eigenvalue weighted by Crippen LogP contribution is 2.25. The number of nitrogens with one attached hydrogen (secondary N) is 1. The Balaban J connectivity index is 2.18. The molecule has 0 amide bonds. The lowest BCUT2D eigenvalue weighted by Gasteiger charge is -2.35. The quantitative estimate of drug-likeness (QED) is 0.853. The lowest BCUT2D eigenvalue weighted by molar-refractivity contribution is 0.0348. The van der Waals surface area contributed by atoms with Crippen molar-refractivity contribution >= 4 is 11.9 Å². The molecule has 0 spiro atoms. The summed E-state index contributed by atoms with van der Waals surface area (Å²) in [7, 11) is 1.76. The predicted octanol–water partition coefficient (Wildman–Crippen LogP) is 1.05. The number of hydrogen-bond donors (Lipinski definition) is 2. The Hall–Kier alpha value is -1.63. The van der Waals surface area contributed by atoms with Crippen LogP contribution in [-0.2, 0) is 0 Å². The van der Waals surface area contributed by atoms with Crippen molar-refractivity contribution in [1.29, 1.82) is 0 Å². The van der Waals surface area contributed by atoms with Crippen LogP contribution in [0.3, 0.4) is 0 Å². The molecule has 0 atom stereocenters. The summed E-state index contributed by atoms with van der Waals surface area (Å²) in [6.45, 7) is 7.17. The summed E-state index contributed by atoms with van der Waals surface area (Å²) in [6, 6.07) is 0.326. The van der Waals surface area contributed by atoms with Gasteiger partial charge in [-0.2, -0.15) is 15.0 Å². The van der Waals surface area contributed by atoms with Crippen LogP contribution in [0.4, 0.5) is 11.9 Å². The summed E-state index contributed by atoms with van der Waals surface area (Å²) in [5.74, 6) is 1.08. The van der Waals surface area contributed by atoms with Crippen molar-refractivity contribution in [3.63, 3.8) is 0 Å². The molecular weight excluding hydrogens is 258 g/mol. The van der Waals surface area contributed by atoms with E-state index in [-0.39, 0.29) is 6.10 Å². The molecule has 1 aromatic heterocycles. The Kier molecular flexibility index (Phi) is 4.27. The summed E-state index contributed by atoms with van der Waals surface area (Å²) < 4.78 is 5.55. The fourth-order valence-corrected chi connectivity index (χ4v) is 2.05. The number of nitrogens with zero attached hydrogens (tertiary/aromatic N) is 4. The number of piperidine rings is 1. The van der Waals surface area contributed by atoms with Crippen LogP contribution in [0.15, 0.2) is 0 Å². The van der Waals surface area contributed by atoms with Crippen molar-refractivity contribution in [2.45, 2.75) is 45.3 Å². The summed E-state index contributed by atoms with van der Waals surface area (Å²) in [6.07, 6.45) is 1.42. The molecule has 7 heteroatoms. The third-order valence-corrected chi connectivity index (χ3v) is 3.29. The molecule has 20 heavy (non-hydrogen) atoms. The van der Waals surface area contributed by atoms with E-state index < -0.39 is 5.60 Å². The van der Waals surface area contributed by atoms with E-state index in [1.54, 1.807) is 7.05 Å². The van der Waals surface area contributed by atoms with E-state index in [0.29, 0.717) is 30.7 Å². The minimum atomic E-state index is -0.591. The molecule has 2 rings (SSSR count). The van der Waals surface area contributed by atoms with Crippen molar-refractivity contribution in [3.8, 4) is 6.01 Å². The van der Waals surface area contributed by atoms with Crippen LogP contribution in [0.1, 0.15) is 33.6 Å². The summed E-state index contributed by atoms with van der Waals surface area (Å²) in [4.78, 5) is 14.9. The fraction of sp³-hybridized carbons (Fsp3) is 0.769. The molecule has 0 unspecified atom stereocenters. The maximum atomic E-state index is 10.00. The zero-order valence-electron chi connectivity index (χ0n) is 12.6. The smallest absolute Gasteiger partial charge is 0.323 e. The van der Waals surface area contributed by atoms with Crippen LogP contribution in [0.5, 0.6) is 6.01 Å². The van der Waals surface area contributed by atoms with Gasteiger partial charge in [-0.25, -0.2) is 0 Å². The maximum absolute atomic E-state index is 10.00. The van der Waals surface area contributed by atoms with Gasteiger partial charge < -0.3 is 20.1 Å². The lowest BCUT2D eigenvalue weighted by atomic mass is 9.94. The lowest BCUT2D eigenvalue weighted by Crippen LogP contribution is -2.43. The average Bonchev–Trinajstić information content (AvgIpc) is 2.37. The van der Waals surface area contributed by atoms with E-state index in [4.69, 9.17) is 4.74 Å². The van der Waals surface area contributed by atoms with Crippen LogP contribution in [0, 0.1) is 0 Å². The number of ether oxygens (including phenoxy) is 1. The van der Waals surface area contributed by atoms with E-state index in [9.17, 15) is 5.11 Å². The molecule has 112 valence electrons. The van der Waals surface area contributed by atoms with Crippen LogP contribution >= 0.6 is 0 Å². The van der Waals surface area contributed by atoms with Crippen molar-refractivity contribution < 1.29 is 9.84 Å². The molecular formula is C13H23N5O2. The molecule has 1 aliphatic heterocycles. The second kappa shape index (κ2) is 5.78. The maximum Gasteiger partial charge on any atom is 0.323 e. The van der Waals surface area contributed by atoms with Crippen molar-refractivity contribution in [3.05, 3.63) is 0 Å². The van der Waals surface area contributed by atoms with Gasteiger partial charge in [0.15, 0.2) is 0 Å². The Morgan fingerprint density at radius 3 is 2.45 bits per heavy atom. The summed E-state index contributed by atoms with van der Waals surface area (Å²) in [5.41, 5.74) is -0.591. The topological polar surface area (TPSA) is 83.4 Å². The predicted molar refractivity (Wildman–Crippen MR) is 77.2 cm³/mol. The Morgan fingerprint density at radius 1 is 1.25 bits per heavy atom. The van der Waals surface area contributed by atoms with E-state index in [1.165, 1.54) is 0 Å². The van der Waals surface area contributed by atoms with Gasteiger partial charge in [-0.05, 0) is 33.6 Å². The Labute approximate surface area is 119 Å². The van der Waals surface area contributed by atoms with Crippen LogP contribution in [0.25, 0.3) is 0 Å². The average molecular weight is 281 g/mol. The molecule has 1 aliphatic rings. The molecule has 7 nitrogen and oxygen atoms in total. The number of aromatic nitrogens is 3. The normalized spacial score (nSPS) is 18.2. The van der Waals surface area contributed by atoms with E-state index >= 15 is 0 Å². The number of anilines is 2. The molecule has 2 N–H and O–H groups in total. The Bertz CT molecular complexity index is 454. The highest BCUT2D eigenvalue weighted by molar-refractivity contribution is 5.38. The molecule has 1 fully saturated rings. The molecule has 0 aliphatic carbocycles. The second-order valence-corrected chi connectivity index (χ2v) is 5.64. The third kappa shape index (κ3) is 3.69. The van der Waals surface area contributed by atoms with Gasteiger partial charge in [-0.1, -0.05) is 0 Å². The molecule has 1 aromatic rings. The SMILES string of the molecule is CNc1nc(OC(C)C)nc(N2CCC(C)(O)CC2)n1. The molecule has 2 heterocycles. The second-order valence-electron chi connectivity index (χ2n) is 5.64. The van der Waals surface area contributed by atoms with Crippen LogP contribution < -0.4 is 15.0 Å². The van der Waals surface area contributed by atoms with Crippen molar-refractivity contribution in [2.24, 2.45) is 0 Å². The first kappa shape index (κ1) is 14.8. The molecule has 0 radical (unpaired) electrons. The van der Waals surface area contributed by atoms with Gasteiger partial charge in [0.1, 0.15) is 0 Å². The first-order valence-corrected chi connectivity index (χ1v) is 6.97. The minimum Gasteiger partial charge on any atom is -0.461 e. The van der Waals surface area contributed by atoms with Crippen molar-refractivity contribution in [2.75, 3.05) is 30.4 Å². The van der Waals surface area contributed by atoms with Gasteiger partial charge in [0.05, 0.1) is 11.7 Å². The zero-order valence-corrected chi connectivity index (χ0v) is 12.6. The van der Waals surface area contributed by atoms with Crippen LogP contribution in [0.2, 0.25) is 0 Å². The summed E-state index contributed by atoms with van der Waals surface area (Å²) >= 11 is 0. The highest BCUT2D eigenvalue weighted by Gasteiger charge is 2.29. The standard InChI is InChI=1S/C13H23N5O2/c1-9(2)20-12-16-10(14-4)15-11(17-12)18-7-5-13(3,19)6-8-18/h9,19H,5-8H2,1-4H3,(H,14,15,16,17).